The quantitative estimate of drug-likeness (QED) is 0.878. The molecular formula is C21H21FN2O4. The van der Waals surface area contributed by atoms with Gasteiger partial charge in [0.05, 0.1) is 12.0 Å². The van der Waals surface area contributed by atoms with E-state index in [1.54, 1.807) is 34.1 Å². The van der Waals surface area contributed by atoms with Gasteiger partial charge in [0, 0.05) is 31.7 Å². The van der Waals surface area contributed by atoms with Crippen LogP contribution in [0.15, 0.2) is 48.5 Å². The summed E-state index contributed by atoms with van der Waals surface area (Å²) >= 11 is 0. The Labute approximate surface area is 162 Å². The minimum atomic E-state index is -1.08. The maximum Gasteiger partial charge on any atom is 0.335 e. The van der Waals surface area contributed by atoms with Crippen molar-refractivity contribution >= 4 is 17.8 Å². The molecular weight excluding hydrogens is 363 g/mol. The molecule has 2 aromatic rings. The van der Waals surface area contributed by atoms with Crippen LogP contribution in [0.1, 0.15) is 32.7 Å². The molecule has 28 heavy (non-hydrogen) atoms. The van der Waals surface area contributed by atoms with E-state index in [2.05, 4.69) is 0 Å². The first-order valence-electron chi connectivity index (χ1n) is 9.09. The second-order valence-electron chi connectivity index (χ2n) is 6.72. The summed E-state index contributed by atoms with van der Waals surface area (Å²) in [6.45, 7) is 1.76. The number of carboxylic acids is 1. The lowest BCUT2D eigenvalue weighted by Crippen LogP contribution is -2.38. The number of amides is 2. The van der Waals surface area contributed by atoms with E-state index in [1.165, 1.54) is 24.3 Å². The zero-order valence-electron chi connectivity index (χ0n) is 15.3. The molecule has 0 radical (unpaired) electrons. The third kappa shape index (κ3) is 4.73. The number of hydrogen-bond donors (Lipinski definition) is 1. The third-order valence-corrected chi connectivity index (χ3v) is 4.74. The van der Waals surface area contributed by atoms with Gasteiger partial charge in [-0.05, 0) is 42.3 Å². The largest absolute Gasteiger partial charge is 0.478 e. The van der Waals surface area contributed by atoms with Gasteiger partial charge in [0.2, 0.25) is 5.91 Å². The molecule has 7 heteroatoms. The van der Waals surface area contributed by atoms with Crippen molar-refractivity contribution in [1.29, 1.82) is 0 Å². The summed E-state index contributed by atoms with van der Waals surface area (Å²) in [4.78, 5) is 39.7. The molecule has 0 atom stereocenters. The van der Waals surface area contributed by atoms with Crippen LogP contribution in [-0.4, -0.2) is 58.9 Å². The molecule has 146 valence electrons. The molecule has 1 heterocycles. The topological polar surface area (TPSA) is 77.9 Å². The van der Waals surface area contributed by atoms with E-state index in [0.717, 1.165) is 0 Å². The Hall–Kier alpha value is -3.22. The Morgan fingerprint density at radius 1 is 0.893 bits per heavy atom. The zero-order chi connectivity index (χ0) is 20.1. The lowest BCUT2D eigenvalue weighted by molar-refractivity contribution is -0.130. The Morgan fingerprint density at radius 2 is 1.57 bits per heavy atom. The van der Waals surface area contributed by atoms with Gasteiger partial charge in [-0.2, -0.15) is 0 Å². The van der Waals surface area contributed by atoms with Gasteiger partial charge >= 0.3 is 5.97 Å². The van der Waals surface area contributed by atoms with E-state index in [9.17, 15) is 18.8 Å². The standard InChI is InChI=1S/C21H21FN2O4/c22-18-7-1-4-15(12-18)13-19(25)23-8-3-9-24(11-10-23)20(26)16-5-2-6-17(14-16)21(27)28/h1-2,4-7,12,14H,3,8-11,13H2,(H,27,28). The average molecular weight is 384 g/mol. The second kappa shape index (κ2) is 8.65. The van der Waals surface area contributed by atoms with Crippen molar-refractivity contribution in [2.45, 2.75) is 12.8 Å². The Balaban J connectivity index is 1.62. The molecule has 0 saturated carbocycles. The highest BCUT2D eigenvalue weighted by atomic mass is 19.1. The number of carboxylic acid groups (broad SMARTS) is 1. The Bertz CT molecular complexity index is 899. The number of carbonyl (C=O) groups is 3. The molecule has 0 bridgehead atoms. The van der Waals surface area contributed by atoms with Crippen LogP contribution in [0.5, 0.6) is 0 Å². The summed E-state index contributed by atoms with van der Waals surface area (Å²) in [6.07, 6.45) is 0.742. The monoisotopic (exact) mass is 384 g/mol. The van der Waals surface area contributed by atoms with E-state index in [0.29, 0.717) is 43.7 Å². The predicted molar refractivity (Wildman–Crippen MR) is 101 cm³/mol. The van der Waals surface area contributed by atoms with Crippen molar-refractivity contribution in [2.24, 2.45) is 0 Å². The summed E-state index contributed by atoms with van der Waals surface area (Å²) in [5.41, 5.74) is 1.000. The fourth-order valence-electron chi connectivity index (χ4n) is 3.27. The Kier molecular flexibility index (Phi) is 6.03. The number of nitrogens with zero attached hydrogens (tertiary/aromatic N) is 2. The van der Waals surface area contributed by atoms with Crippen LogP contribution in [0.2, 0.25) is 0 Å². The van der Waals surface area contributed by atoms with Crippen molar-refractivity contribution in [3.63, 3.8) is 0 Å². The van der Waals surface area contributed by atoms with Crippen LogP contribution < -0.4 is 0 Å². The van der Waals surface area contributed by atoms with Crippen molar-refractivity contribution in [3.8, 4) is 0 Å². The van der Waals surface area contributed by atoms with E-state index in [1.807, 2.05) is 0 Å². The number of hydrogen-bond acceptors (Lipinski definition) is 3. The van der Waals surface area contributed by atoms with Gasteiger partial charge in [0.15, 0.2) is 0 Å². The number of benzene rings is 2. The molecule has 2 aromatic carbocycles. The van der Waals surface area contributed by atoms with Gasteiger partial charge < -0.3 is 14.9 Å². The third-order valence-electron chi connectivity index (χ3n) is 4.74. The van der Waals surface area contributed by atoms with Gasteiger partial charge in [0.25, 0.3) is 5.91 Å². The van der Waals surface area contributed by atoms with E-state index in [4.69, 9.17) is 5.11 Å². The summed E-state index contributed by atoms with van der Waals surface area (Å²) in [5.74, 6) is -1.81. The van der Waals surface area contributed by atoms with Gasteiger partial charge in [-0.25, -0.2) is 9.18 Å². The van der Waals surface area contributed by atoms with Crippen molar-refractivity contribution in [1.82, 2.24) is 9.80 Å². The van der Waals surface area contributed by atoms with Gasteiger partial charge in [-0.15, -0.1) is 0 Å². The highest BCUT2D eigenvalue weighted by Crippen LogP contribution is 2.13. The SMILES string of the molecule is O=C(O)c1cccc(C(=O)N2CCCN(C(=O)Cc3cccc(F)c3)CC2)c1. The minimum Gasteiger partial charge on any atom is -0.478 e. The molecule has 1 saturated heterocycles. The molecule has 2 amide bonds. The highest BCUT2D eigenvalue weighted by Gasteiger charge is 2.23. The first-order chi connectivity index (χ1) is 13.4. The zero-order valence-corrected chi connectivity index (χ0v) is 15.3. The first kappa shape index (κ1) is 19.5. The first-order valence-corrected chi connectivity index (χ1v) is 9.09. The fourth-order valence-corrected chi connectivity index (χ4v) is 3.27. The molecule has 0 unspecified atom stereocenters. The maximum absolute atomic E-state index is 13.3. The van der Waals surface area contributed by atoms with Gasteiger partial charge in [0.1, 0.15) is 5.82 Å². The van der Waals surface area contributed by atoms with Crippen molar-refractivity contribution in [3.05, 3.63) is 71.0 Å². The normalized spacial score (nSPS) is 14.5. The van der Waals surface area contributed by atoms with E-state index >= 15 is 0 Å². The van der Waals surface area contributed by atoms with Crippen LogP contribution in [0.25, 0.3) is 0 Å². The van der Waals surface area contributed by atoms with E-state index < -0.39 is 5.97 Å². The molecule has 1 fully saturated rings. The smallest absolute Gasteiger partial charge is 0.335 e. The summed E-state index contributed by atoms with van der Waals surface area (Å²) in [5, 5.41) is 9.09. The molecule has 0 aromatic heterocycles. The summed E-state index contributed by atoms with van der Waals surface area (Å²) in [7, 11) is 0. The predicted octanol–water partition coefficient (Wildman–Crippen LogP) is 2.44. The number of carbonyl (C=O) groups excluding carboxylic acids is 2. The van der Waals surface area contributed by atoms with Crippen LogP contribution in [0.4, 0.5) is 4.39 Å². The van der Waals surface area contributed by atoms with Crippen LogP contribution in [0.3, 0.4) is 0 Å². The van der Waals surface area contributed by atoms with Crippen molar-refractivity contribution < 1.29 is 23.9 Å². The summed E-state index contributed by atoms with van der Waals surface area (Å²) < 4.78 is 13.3. The minimum absolute atomic E-state index is 0.0626. The highest BCUT2D eigenvalue weighted by molar-refractivity contribution is 5.97. The molecule has 3 rings (SSSR count). The average Bonchev–Trinajstić information content (AvgIpc) is 2.94. The lowest BCUT2D eigenvalue weighted by Gasteiger charge is -2.22. The van der Waals surface area contributed by atoms with Gasteiger partial charge in [-0.1, -0.05) is 18.2 Å². The number of halogens is 1. The number of rotatable bonds is 4. The fraction of sp³-hybridized carbons (Fsp3) is 0.286. The lowest BCUT2D eigenvalue weighted by atomic mass is 10.1. The Morgan fingerprint density at radius 3 is 2.32 bits per heavy atom. The van der Waals surface area contributed by atoms with E-state index in [-0.39, 0.29) is 29.6 Å². The molecule has 0 spiro atoms. The van der Waals surface area contributed by atoms with Crippen LogP contribution >= 0.6 is 0 Å². The molecule has 1 aliphatic heterocycles. The maximum atomic E-state index is 13.3. The molecule has 6 nitrogen and oxygen atoms in total. The summed E-state index contributed by atoms with van der Waals surface area (Å²) in [6, 6.07) is 11.9. The van der Waals surface area contributed by atoms with Crippen LogP contribution in [-0.2, 0) is 11.2 Å². The van der Waals surface area contributed by atoms with Crippen molar-refractivity contribution in [2.75, 3.05) is 26.2 Å². The van der Waals surface area contributed by atoms with Crippen LogP contribution in [0, 0.1) is 5.82 Å². The molecule has 1 N–H and O–H groups in total. The molecule has 0 aliphatic carbocycles. The van der Waals surface area contributed by atoms with Gasteiger partial charge in [-0.3, -0.25) is 9.59 Å². The molecule has 1 aliphatic rings. The second-order valence-corrected chi connectivity index (χ2v) is 6.72. The number of aromatic carboxylic acids is 1.